The fraction of sp³-hybridized carbons (Fsp3) is 0.545. The summed E-state index contributed by atoms with van der Waals surface area (Å²) in [5.74, 6) is 1.34. The van der Waals surface area contributed by atoms with Crippen molar-refractivity contribution in [1.29, 1.82) is 0 Å². The van der Waals surface area contributed by atoms with Crippen LogP contribution in [0.5, 0.6) is 0 Å². The van der Waals surface area contributed by atoms with Crippen LogP contribution >= 0.6 is 0 Å². The van der Waals surface area contributed by atoms with Crippen LogP contribution in [0.15, 0.2) is 12.1 Å². The van der Waals surface area contributed by atoms with Crippen molar-refractivity contribution < 1.29 is 4.92 Å². The molecule has 0 saturated heterocycles. The van der Waals surface area contributed by atoms with E-state index >= 15 is 0 Å². The number of nitrogens with one attached hydrogen (secondary N) is 1. The number of anilines is 2. The Labute approximate surface area is 99.4 Å². The Hall–Kier alpha value is -1.85. The molecule has 2 rings (SSSR count). The van der Waals surface area contributed by atoms with Gasteiger partial charge in [0, 0.05) is 6.04 Å². The second-order valence-electron chi connectivity index (χ2n) is 4.43. The molecule has 0 aliphatic heterocycles. The van der Waals surface area contributed by atoms with Crippen LogP contribution in [0.4, 0.5) is 17.3 Å². The molecule has 0 bridgehead atoms. The van der Waals surface area contributed by atoms with Gasteiger partial charge in [0.1, 0.15) is 11.6 Å². The number of aromatic nitrogens is 1. The molecule has 1 aromatic heterocycles. The summed E-state index contributed by atoms with van der Waals surface area (Å²) in [5, 5.41) is 13.9. The van der Waals surface area contributed by atoms with Crippen molar-refractivity contribution in [2.24, 2.45) is 5.92 Å². The second kappa shape index (κ2) is 4.57. The highest BCUT2D eigenvalue weighted by molar-refractivity contribution is 5.53. The number of hydrogen-bond acceptors (Lipinski definition) is 5. The molecular weight excluding hydrogens is 220 g/mol. The third-order valence-corrected chi connectivity index (χ3v) is 2.96. The van der Waals surface area contributed by atoms with Crippen molar-refractivity contribution in [2.75, 3.05) is 11.1 Å². The van der Waals surface area contributed by atoms with Crippen LogP contribution in [0, 0.1) is 16.0 Å². The lowest BCUT2D eigenvalue weighted by molar-refractivity contribution is -0.384. The molecule has 6 nitrogen and oxygen atoms in total. The minimum absolute atomic E-state index is 0.0207. The SMILES string of the molecule is CCCC1CC1Nc1cc([N+](=O)[O-])cc(N)n1. The van der Waals surface area contributed by atoms with Gasteiger partial charge in [0.05, 0.1) is 17.1 Å². The Morgan fingerprint density at radius 3 is 3.06 bits per heavy atom. The molecule has 0 amide bonds. The molecule has 1 aliphatic carbocycles. The molecule has 0 radical (unpaired) electrons. The Kier molecular flexibility index (Phi) is 3.12. The first-order valence-electron chi connectivity index (χ1n) is 5.78. The first kappa shape index (κ1) is 11.6. The molecule has 17 heavy (non-hydrogen) atoms. The monoisotopic (exact) mass is 236 g/mol. The van der Waals surface area contributed by atoms with Gasteiger partial charge >= 0.3 is 0 Å². The van der Waals surface area contributed by atoms with Gasteiger partial charge in [-0.2, -0.15) is 0 Å². The third kappa shape index (κ3) is 2.83. The summed E-state index contributed by atoms with van der Waals surface area (Å²) in [7, 11) is 0. The minimum atomic E-state index is -0.459. The van der Waals surface area contributed by atoms with E-state index in [0.29, 0.717) is 17.8 Å². The summed E-state index contributed by atoms with van der Waals surface area (Å²) >= 11 is 0. The van der Waals surface area contributed by atoms with Crippen LogP contribution in [-0.2, 0) is 0 Å². The van der Waals surface area contributed by atoms with Crippen LogP contribution in [0.1, 0.15) is 26.2 Å². The number of rotatable bonds is 5. The highest BCUT2D eigenvalue weighted by Crippen LogP contribution is 2.37. The number of hydrogen-bond donors (Lipinski definition) is 2. The zero-order valence-corrected chi connectivity index (χ0v) is 9.72. The molecule has 0 aromatic carbocycles. The molecular formula is C11H16N4O2. The summed E-state index contributed by atoms with van der Waals surface area (Å²) in [6.07, 6.45) is 3.45. The Morgan fingerprint density at radius 1 is 1.65 bits per heavy atom. The van der Waals surface area contributed by atoms with Gasteiger partial charge in [-0.3, -0.25) is 10.1 Å². The third-order valence-electron chi connectivity index (χ3n) is 2.96. The van der Waals surface area contributed by atoms with Crippen molar-refractivity contribution in [3.8, 4) is 0 Å². The smallest absolute Gasteiger partial charge is 0.276 e. The van der Waals surface area contributed by atoms with E-state index in [-0.39, 0.29) is 11.5 Å². The van der Waals surface area contributed by atoms with Gasteiger partial charge in [0.2, 0.25) is 0 Å². The fourth-order valence-electron chi connectivity index (χ4n) is 2.02. The first-order valence-corrected chi connectivity index (χ1v) is 5.78. The van der Waals surface area contributed by atoms with E-state index in [9.17, 15) is 10.1 Å². The number of nitrogens with two attached hydrogens (primary N) is 1. The Morgan fingerprint density at radius 2 is 2.41 bits per heavy atom. The molecule has 1 heterocycles. The van der Waals surface area contributed by atoms with Crippen molar-refractivity contribution in [3.63, 3.8) is 0 Å². The van der Waals surface area contributed by atoms with E-state index in [1.807, 2.05) is 0 Å². The second-order valence-corrected chi connectivity index (χ2v) is 4.43. The molecule has 2 atom stereocenters. The van der Waals surface area contributed by atoms with E-state index in [1.165, 1.54) is 18.6 Å². The van der Waals surface area contributed by atoms with Gasteiger partial charge in [0.15, 0.2) is 0 Å². The van der Waals surface area contributed by atoms with E-state index in [2.05, 4.69) is 17.2 Å². The predicted molar refractivity (Wildman–Crippen MR) is 65.7 cm³/mol. The fourth-order valence-corrected chi connectivity index (χ4v) is 2.02. The van der Waals surface area contributed by atoms with Crippen LogP contribution < -0.4 is 11.1 Å². The normalized spacial score (nSPS) is 22.2. The summed E-state index contributed by atoms with van der Waals surface area (Å²) in [6.45, 7) is 2.15. The lowest BCUT2D eigenvalue weighted by atomic mass is 10.2. The number of pyridine rings is 1. The van der Waals surface area contributed by atoms with Crippen molar-refractivity contribution >= 4 is 17.3 Å². The lowest BCUT2D eigenvalue weighted by Gasteiger charge is -2.05. The molecule has 1 fully saturated rings. The summed E-state index contributed by atoms with van der Waals surface area (Å²) in [4.78, 5) is 14.3. The molecule has 1 aliphatic rings. The van der Waals surface area contributed by atoms with E-state index in [1.54, 1.807) is 0 Å². The van der Waals surface area contributed by atoms with Crippen molar-refractivity contribution in [3.05, 3.63) is 22.2 Å². The average molecular weight is 236 g/mol. The van der Waals surface area contributed by atoms with Crippen molar-refractivity contribution in [2.45, 2.75) is 32.2 Å². The molecule has 3 N–H and O–H groups in total. The topological polar surface area (TPSA) is 94.1 Å². The predicted octanol–water partition coefficient (Wildman–Crippen LogP) is 2.17. The zero-order chi connectivity index (χ0) is 12.4. The maximum absolute atomic E-state index is 10.7. The highest BCUT2D eigenvalue weighted by atomic mass is 16.6. The van der Waals surface area contributed by atoms with E-state index < -0.39 is 4.92 Å². The van der Waals surface area contributed by atoms with Crippen LogP contribution in [-0.4, -0.2) is 15.9 Å². The zero-order valence-electron chi connectivity index (χ0n) is 9.72. The maximum Gasteiger partial charge on any atom is 0.276 e. The quantitative estimate of drug-likeness (QED) is 0.603. The Bertz CT molecular complexity index is 435. The first-order chi connectivity index (χ1) is 8.10. The molecule has 1 aromatic rings. The average Bonchev–Trinajstić information content (AvgIpc) is 2.96. The number of nitro groups is 1. The van der Waals surface area contributed by atoms with Crippen LogP contribution in [0.2, 0.25) is 0 Å². The van der Waals surface area contributed by atoms with Crippen LogP contribution in [0.25, 0.3) is 0 Å². The number of nitrogens with zero attached hydrogens (tertiary/aromatic N) is 2. The summed E-state index contributed by atoms with van der Waals surface area (Å²) in [5.41, 5.74) is 5.51. The van der Waals surface area contributed by atoms with Crippen LogP contribution in [0.3, 0.4) is 0 Å². The standard InChI is InChI=1S/C11H16N4O2/c1-2-3-7-4-9(7)13-11-6-8(15(16)17)5-10(12)14-11/h5-7,9H,2-4H2,1H3,(H3,12,13,14). The van der Waals surface area contributed by atoms with Gasteiger partial charge in [-0.25, -0.2) is 4.98 Å². The van der Waals surface area contributed by atoms with Crippen molar-refractivity contribution in [1.82, 2.24) is 4.98 Å². The Balaban J connectivity index is 2.04. The molecule has 2 unspecified atom stereocenters. The van der Waals surface area contributed by atoms with Gasteiger partial charge in [0.25, 0.3) is 5.69 Å². The minimum Gasteiger partial charge on any atom is -0.383 e. The lowest BCUT2D eigenvalue weighted by Crippen LogP contribution is -2.08. The van der Waals surface area contributed by atoms with Gasteiger partial charge < -0.3 is 11.1 Å². The highest BCUT2D eigenvalue weighted by Gasteiger charge is 2.36. The summed E-state index contributed by atoms with van der Waals surface area (Å²) < 4.78 is 0. The van der Waals surface area contributed by atoms with Gasteiger partial charge in [-0.15, -0.1) is 0 Å². The van der Waals surface area contributed by atoms with E-state index in [0.717, 1.165) is 12.8 Å². The molecule has 0 spiro atoms. The van der Waals surface area contributed by atoms with E-state index in [4.69, 9.17) is 5.73 Å². The largest absolute Gasteiger partial charge is 0.383 e. The molecule has 6 heteroatoms. The molecule has 92 valence electrons. The maximum atomic E-state index is 10.7. The number of nitrogen functional groups attached to an aromatic ring is 1. The van der Waals surface area contributed by atoms with Gasteiger partial charge in [-0.05, 0) is 18.8 Å². The summed E-state index contributed by atoms with van der Waals surface area (Å²) in [6, 6.07) is 3.09. The van der Waals surface area contributed by atoms with Gasteiger partial charge in [-0.1, -0.05) is 13.3 Å². The molecule has 1 saturated carbocycles.